The monoisotopic (exact) mass is 245 g/mol. The summed E-state index contributed by atoms with van der Waals surface area (Å²) >= 11 is 0. The van der Waals surface area contributed by atoms with Crippen LogP contribution in [0.5, 0.6) is 0 Å². The summed E-state index contributed by atoms with van der Waals surface area (Å²) in [5, 5.41) is 9.26. The molecule has 18 heavy (non-hydrogen) atoms. The highest BCUT2D eigenvalue weighted by atomic mass is 16.3. The van der Waals surface area contributed by atoms with Crippen LogP contribution in [0.3, 0.4) is 0 Å². The molecule has 5 nitrogen and oxygen atoms in total. The molecule has 5 heteroatoms. The largest absolute Gasteiger partial charge is 0.394 e. The molecule has 0 saturated carbocycles. The normalized spacial score (nSPS) is 19.6. The Labute approximate surface area is 105 Å². The summed E-state index contributed by atoms with van der Waals surface area (Å²) in [6, 6.07) is 3.60. The minimum absolute atomic E-state index is 0.00440. The van der Waals surface area contributed by atoms with Crippen molar-refractivity contribution in [3.05, 3.63) is 36.4 Å². The number of aromatic nitrogens is 2. The standard InChI is InChI=1S/C13H15N3O2/c17-8-11-2-1-4-16(11)13(18)10-3-5-15-9-14-7-12(15)6-10/h3,5-7,9,11,17H,1-2,4,8H2. The molecule has 1 atom stereocenters. The van der Waals surface area contributed by atoms with Gasteiger partial charge >= 0.3 is 0 Å². The Bertz CT molecular complexity index is 578. The Kier molecular flexibility index (Phi) is 2.76. The molecule has 2 aromatic rings. The van der Waals surface area contributed by atoms with Crippen LogP contribution in [0.2, 0.25) is 0 Å². The van der Waals surface area contributed by atoms with Crippen LogP contribution >= 0.6 is 0 Å². The Morgan fingerprint density at radius 2 is 2.44 bits per heavy atom. The van der Waals surface area contributed by atoms with Gasteiger partial charge in [0.25, 0.3) is 5.91 Å². The highest BCUT2D eigenvalue weighted by Gasteiger charge is 2.28. The summed E-state index contributed by atoms with van der Waals surface area (Å²) in [5.74, 6) is -0.00440. The highest BCUT2D eigenvalue weighted by molar-refractivity contribution is 5.95. The van der Waals surface area contributed by atoms with Gasteiger partial charge in [0.05, 0.1) is 30.7 Å². The smallest absolute Gasteiger partial charge is 0.254 e. The molecule has 0 aromatic carbocycles. The van der Waals surface area contributed by atoms with Crippen molar-refractivity contribution in [3.63, 3.8) is 0 Å². The average molecular weight is 245 g/mol. The van der Waals surface area contributed by atoms with E-state index in [0.717, 1.165) is 24.9 Å². The maximum Gasteiger partial charge on any atom is 0.254 e. The van der Waals surface area contributed by atoms with Gasteiger partial charge in [-0.3, -0.25) is 4.79 Å². The fraction of sp³-hybridized carbons (Fsp3) is 0.385. The molecule has 0 spiro atoms. The van der Waals surface area contributed by atoms with Crippen molar-refractivity contribution < 1.29 is 9.90 Å². The van der Waals surface area contributed by atoms with E-state index in [0.29, 0.717) is 5.56 Å². The summed E-state index contributed by atoms with van der Waals surface area (Å²) in [5.41, 5.74) is 1.56. The quantitative estimate of drug-likeness (QED) is 0.856. The molecule has 2 aromatic heterocycles. The van der Waals surface area contributed by atoms with Crippen LogP contribution in [0.4, 0.5) is 0 Å². The van der Waals surface area contributed by atoms with Crippen molar-refractivity contribution in [1.29, 1.82) is 0 Å². The number of carbonyl (C=O) groups excluding carboxylic acids is 1. The second-order valence-corrected chi connectivity index (χ2v) is 4.62. The van der Waals surface area contributed by atoms with E-state index in [4.69, 9.17) is 0 Å². The van der Waals surface area contributed by atoms with E-state index in [1.807, 2.05) is 16.7 Å². The first-order valence-corrected chi connectivity index (χ1v) is 6.13. The van der Waals surface area contributed by atoms with Gasteiger partial charge in [0.15, 0.2) is 0 Å². The highest BCUT2D eigenvalue weighted by Crippen LogP contribution is 2.20. The lowest BCUT2D eigenvalue weighted by Crippen LogP contribution is -2.37. The summed E-state index contributed by atoms with van der Waals surface area (Å²) in [6.45, 7) is 0.773. The number of aliphatic hydroxyl groups is 1. The predicted molar refractivity (Wildman–Crippen MR) is 66.3 cm³/mol. The molecular formula is C13H15N3O2. The topological polar surface area (TPSA) is 57.8 Å². The lowest BCUT2D eigenvalue weighted by atomic mass is 10.2. The van der Waals surface area contributed by atoms with E-state index in [9.17, 15) is 9.90 Å². The predicted octanol–water partition coefficient (Wildman–Crippen LogP) is 0.931. The number of aliphatic hydroxyl groups excluding tert-OH is 1. The number of nitrogens with zero attached hydrogens (tertiary/aromatic N) is 3. The molecule has 1 amide bonds. The van der Waals surface area contributed by atoms with Crippen LogP contribution in [0.1, 0.15) is 23.2 Å². The first-order valence-electron chi connectivity index (χ1n) is 6.13. The van der Waals surface area contributed by atoms with Crippen LogP contribution in [-0.2, 0) is 0 Å². The summed E-state index contributed by atoms with van der Waals surface area (Å²) in [6.07, 6.45) is 7.11. The molecule has 1 saturated heterocycles. The molecule has 1 fully saturated rings. The van der Waals surface area contributed by atoms with Gasteiger partial charge < -0.3 is 14.4 Å². The van der Waals surface area contributed by atoms with Crippen molar-refractivity contribution in [2.24, 2.45) is 0 Å². The number of fused-ring (bicyclic) bond motifs is 1. The van der Waals surface area contributed by atoms with E-state index in [-0.39, 0.29) is 18.6 Å². The minimum Gasteiger partial charge on any atom is -0.394 e. The van der Waals surface area contributed by atoms with Crippen molar-refractivity contribution in [3.8, 4) is 0 Å². The maximum atomic E-state index is 12.4. The molecule has 0 radical (unpaired) electrons. The lowest BCUT2D eigenvalue weighted by Gasteiger charge is -2.23. The molecule has 0 bridgehead atoms. The summed E-state index contributed by atoms with van der Waals surface area (Å²) < 4.78 is 1.87. The van der Waals surface area contributed by atoms with Crippen LogP contribution < -0.4 is 0 Å². The van der Waals surface area contributed by atoms with E-state index in [1.54, 1.807) is 23.5 Å². The van der Waals surface area contributed by atoms with Gasteiger partial charge in [-0.25, -0.2) is 4.98 Å². The van der Waals surface area contributed by atoms with E-state index >= 15 is 0 Å². The van der Waals surface area contributed by atoms with Gasteiger partial charge in [-0.1, -0.05) is 0 Å². The molecule has 1 aliphatic rings. The third kappa shape index (κ3) is 1.76. The molecule has 0 aliphatic carbocycles. The van der Waals surface area contributed by atoms with Crippen molar-refractivity contribution in [2.75, 3.05) is 13.2 Å². The van der Waals surface area contributed by atoms with Crippen LogP contribution in [-0.4, -0.2) is 44.5 Å². The average Bonchev–Trinajstić information content (AvgIpc) is 3.05. The SMILES string of the molecule is O=C(c1ccn2cncc2c1)N1CCCC1CO. The van der Waals surface area contributed by atoms with Crippen LogP contribution in [0, 0.1) is 0 Å². The number of hydrogen-bond donors (Lipinski definition) is 1. The fourth-order valence-corrected chi connectivity index (χ4v) is 2.51. The number of hydrogen-bond acceptors (Lipinski definition) is 3. The molecule has 3 rings (SSSR count). The minimum atomic E-state index is -0.0290. The van der Waals surface area contributed by atoms with Gasteiger partial charge in [0.1, 0.15) is 0 Å². The zero-order valence-corrected chi connectivity index (χ0v) is 9.99. The van der Waals surface area contributed by atoms with Crippen LogP contribution in [0.15, 0.2) is 30.9 Å². The third-order valence-corrected chi connectivity index (χ3v) is 3.51. The Morgan fingerprint density at radius 3 is 3.28 bits per heavy atom. The first kappa shape index (κ1) is 11.2. The number of rotatable bonds is 2. The molecule has 94 valence electrons. The van der Waals surface area contributed by atoms with E-state index in [1.165, 1.54) is 0 Å². The third-order valence-electron chi connectivity index (χ3n) is 3.51. The zero-order chi connectivity index (χ0) is 12.5. The second kappa shape index (κ2) is 4.42. The Morgan fingerprint density at radius 1 is 1.56 bits per heavy atom. The number of likely N-dealkylation sites (tertiary alicyclic amines) is 1. The number of amides is 1. The maximum absolute atomic E-state index is 12.4. The number of pyridine rings is 1. The van der Waals surface area contributed by atoms with Gasteiger partial charge in [0.2, 0.25) is 0 Å². The van der Waals surface area contributed by atoms with Crippen molar-refractivity contribution >= 4 is 11.4 Å². The van der Waals surface area contributed by atoms with E-state index < -0.39 is 0 Å². The van der Waals surface area contributed by atoms with Crippen molar-refractivity contribution in [1.82, 2.24) is 14.3 Å². The summed E-state index contributed by atoms with van der Waals surface area (Å²) in [7, 11) is 0. The van der Waals surface area contributed by atoms with Gasteiger partial charge in [-0.15, -0.1) is 0 Å². The molecule has 1 N–H and O–H groups in total. The molecule has 3 heterocycles. The van der Waals surface area contributed by atoms with E-state index in [2.05, 4.69) is 4.98 Å². The van der Waals surface area contributed by atoms with Crippen LogP contribution in [0.25, 0.3) is 5.52 Å². The Hall–Kier alpha value is -1.88. The lowest BCUT2D eigenvalue weighted by molar-refractivity contribution is 0.0677. The number of imidazole rings is 1. The van der Waals surface area contributed by atoms with Gasteiger partial charge in [-0.2, -0.15) is 0 Å². The Balaban J connectivity index is 1.91. The molecular weight excluding hydrogens is 230 g/mol. The summed E-state index contributed by atoms with van der Waals surface area (Å²) in [4.78, 5) is 18.2. The molecule has 1 unspecified atom stereocenters. The second-order valence-electron chi connectivity index (χ2n) is 4.62. The molecule has 1 aliphatic heterocycles. The van der Waals surface area contributed by atoms with Crippen molar-refractivity contribution in [2.45, 2.75) is 18.9 Å². The van der Waals surface area contributed by atoms with Gasteiger partial charge in [-0.05, 0) is 25.0 Å². The fourth-order valence-electron chi connectivity index (χ4n) is 2.51. The number of carbonyl (C=O) groups is 1. The van der Waals surface area contributed by atoms with Gasteiger partial charge in [0, 0.05) is 18.3 Å². The first-order chi connectivity index (χ1) is 8.79. The zero-order valence-electron chi connectivity index (χ0n) is 9.99.